The Balaban J connectivity index is 1.77. The average molecular weight is 340 g/mol. The summed E-state index contributed by atoms with van der Waals surface area (Å²) < 4.78 is 0. The summed E-state index contributed by atoms with van der Waals surface area (Å²) in [6, 6.07) is 16.7. The SMILES string of the molecule is CN1CCN(Cc2c(-c3ccccc3)[nH]c3ccc(Cl)cc23)CC1. The molecule has 4 rings (SSSR count). The average Bonchev–Trinajstić information content (AvgIpc) is 2.95. The molecule has 4 heteroatoms. The molecule has 0 atom stereocenters. The van der Waals surface area contributed by atoms with Gasteiger partial charge in [-0.25, -0.2) is 0 Å². The van der Waals surface area contributed by atoms with Crippen molar-refractivity contribution in [1.82, 2.24) is 14.8 Å². The highest BCUT2D eigenvalue weighted by molar-refractivity contribution is 6.31. The van der Waals surface area contributed by atoms with E-state index in [4.69, 9.17) is 11.6 Å². The minimum atomic E-state index is 0.792. The van der Waals surface area contributed by atoms with Gasteiger partial charge < -0.3 is 9.88 Å². The fourth-order valence-corrected chi connectivity index (χ4v) is 3.64. The molecule has 0 aliphatic carbocycles. The van der Waals surface area contributed by atoms with Crippen LogP contribution in [-0.4, -0.2) is 48.0 Å². The molecule has 0 amide bonds. The Morgan fingerprint density at radius 1 is 1.00 bits per heavy atom. The van der Waals surface area contributed by atoms with E-state index >= 15 is 0 Å². The standard InChI is InChI=1S/C20H22ClN3/c1-23-9-11-24(12-10-23)14-18-17-13-16(21)7-8-19(17)22-20(18)15-5-3-2-4-6-15/h2-8,13,22H,9-12,14H2,1H3. The first-order valence-corrected chi connectivity index (χ1v) is 8.85. The van der Waals surface area contributed by atoms with E-state index in [9.17, 15) is 0 Å². The molecule has 1 saturated heterocycles. The van der Waals surface area contributed by atoms with Crippen molar-refractivity contribution < 1.29 is 0 Å². The third kappa shape index (κ3) is 3.07. The topological polar surface area (TPSA) is 22.3 Å². The molecule has 0 bridgehead atoms. The quantitative estimate of drug-likeness (QED) is 0.771. The third-order valence-electron chi connectivity index (χ3n) is 4.91. The number of rotatable bonds is 3. The summed E-state index contributed by atoms with van der Waals surface area (Å²) in [7, 11) is 2.19. The van der Waals surface area contributed by atoms with Gasteiger partial charge in [0.25, 0.3) is 0 Å². The molecule has 1 N–H and O–H groups in total. The number of nitrogens with one attached hydrogen (secondary N) is 1. The van der Waals surface area contributed by atoms with Gasteiger partial charge in [0.2, 0.25) is 0 Å². The second kappa shape index (κ2) is 6.60. The largest absolute Gasteiger partial charge is 0.354 e. The second-order valence-electron chi connectivity index (χ2n) is 6.61. The van der Waals surface area contributed by atoms with E-state index < -0.39 is 0 Å². The van der Waals surface area contributed by atoms with Crippen molar-refractivity contribution in [2.75, 3.05) is 33.2 Å². The summed E-state index contributed by atoms with van der Waals surface area (Å²) in [4.78, 5) is 8.54. The van der Waals surface area contributed by atoms with Gasteiger partial charge >= 0.3 is 0 Å². The molecule has 0 spiro atoms. The Morgan fingerprint density at radius 3 is 2.50 bits per heavy atom. The molecule has 0 radical (unpaired) electrons. The zero-order chi connectivity index (χ0) is 16.5. The summed E-state index contributed by atoms with van der Waals surface area (Å²) in [6.07, 6.45) is 0. The van der Waals surface area contributed by atoms with Crippen LogP contribution in [0.2, 0.25) is 5.02 Å². The lowest BCUT2D eigenvalue weighted by atomic mass is 10.0. The zero-order valence-corrected chi connectivity index (χ0v) is 14.7. The van der Waals surface area contributed by atoms with Crippen LogP contribution in [-0.2, 0) is 6.54 Å². The number of likely N-dealkylation sites (N-methyl/N-ethyl adjacent to an activating group) is 1. The van der Waals surface area contributed by atoms with Crippen LogP contribution in [0, 0.1) is 0 Å². The van der Waals surface area contributed by atoms with Crippen molar-refractivity contribution in [2.45, 2.75) is 6.54 Å². The molecule has 1 aromatic heterocycles. The van der Waals surface area contributed by atoms with Gasteiger partial charge in [0.1, 0.15) is 0 Å². The first-order chi connectivity index (χ1) is 11.7. The van der Waals surface area contributed by atoms with Crippen molar-refractivity contribution in [2.24, 2.45) is 0 Å². The van der Waals surface area contributed by atoms with Gasteiger partial charge in [0.15, 0.2) is 0 Å². The number of hydrogen-bond donors (Lipinski definition) is 1. The predicted octanol–water partition coefficient (Wildman–Crippen LogP) is 4.24. The Kier molecular flexibility index (Phi) is 4.31. The Labute approximate surface area is 147 Å². The molecule has 3 aromatic rings. The molecule has 3 nitrogen and oxygen atoms in total. The Hall–Kier alpha value is -1.81. The lowest BCUT2D eigenvalue weighted by molar-refractivity contribution is 0.148. The molecule has 2 heterocycles. The number of halogens is 1. The summed E-state index contributed by atoms with van der Waals surface area (Å²) in [5.74, 6) is 0. The van der Waals surface area contributed by atoms with Gasteiger partial charge in [-0.15, -0.1) is 0 Å². The highest BCUT2D eigenvalue weighted by Crippen LogP contribution is 2.33. The van der Waals surface area contributed by atoms with E-state index in [1.165, 1.54) is 22.2 Å². The van der Waals surface area contributed by atoms with Crippen LogP contribution < -0.4 is 0 Å². The summed E-state index contributed by atoms with van der Waals surface area (Å²) in [6.45, 7) is 5.43. The van der Waals surface area contributed by atoms with Crippen molar-refractivity contribution in [3.8, 4) is 11.3 Å². The van der Waals surface area contributed by atoms with E-state index in [-0.39, 0.29) is 0 Å². The third-order valence-corrected chi connectivity index (χ3v) is 5.14. The van der Waals surface area contributed by atoms with E-state index in [0.29, 0.717) is 0 Å². The lowest BCUT2D eigenvalue weighted by Gasteiger charge is -2.32. The van der Waals surface area contributed by atoms with E-state index in [2.05, 4.69) is 64.3 Å². The lowest BCUT2D eigenvalue weighted by Crippen LogP contribution is -2.43. The maximum Gasteiger partial charge on any atom is 0.0510 e. The van der Waals surface area contributed by atoms with Gasteiger partial charge in [-0.1, -0.05) is 41.9 Å². The van der Waals surface area contributed by atoms with Crippen molar-refractivity contribution in [1.29, 1.82) is 0 Å². The fraction of sp³-hybridized carbons (Fsp3) is 0.300. The minimum Gasteiger partial charge on any atom is -0.354 e. The highest BCUT2D eigenvalue weighted by atomic mass is 35.5. The van der Waals surface area contributed by atoms with E-state index in [1.54, 1.807) is 0 Å². The van der Waals surface area contributed by atoms with Crippen molar-refractivity contribution in [3.63, 3.8) is 0 Å². The summed E-state index contributed by atoms with van der Waals surface area (Å²) >= 11 is 6.27. The molecule has 124 valence electrons. The van der Waals surface area contributed by atoms with Gasteiger partial charge in [-0.05, 0) is 36.4 Å². The smallest absolute Gasteiger partial charge is 0.0510 e. The van der Waals surface area contributed by atoms with Crippen molar-refractivity contribution >= 4 is 22.5 Å². The molecule has 1 aliphatic heterocycles. The monoisotopic (exact) mass is 339 g/mol. The molecule has 1 fully saturated rings. The van der Waals surface area contributed by atoms with Crippen LogP contribution in [0.4, 0.5) is 0 Å². The first-order valence-electron chi connectivity index (χ1n) is 8.47. The van der Waals surface area contributed by atoms with Gasteiger partial charge in [0, 0.05) is 48.6 Å². The Morgan fingerprint density at radius 2 is 1.75 bits per heavy atom. The minimum absolute atomic E-state index is 0.792. The normalized spacial score (nSPS) is 16.8. The van der Waals surface area contributed by atoms with Crippen LogP contribution in [0.15, 0.2) is 48.5 Å². The number of nitrogens with zero attached hydrogens (tertiary/aromatic N) is 2. The molecular weight excluding hydrogens is 318 g/mol. The van der Waals surface area contributed by atoms with Crippen molar-refractivity contribution in [3.05, 3.63) is 59.1 Å². The molecule has 0 unspecified atom stereocenters. The molecular formula is C20H22ClN3. The summed E-state index contributed by atoms with van der Waals surface area (Å²) in [5.41, 5.74) is 4.95. The maximum absolute atomic E-state index is 6.27. The number of fused-ring (bicyclic) bond motifs is 1. The van der Waals surface area contributed by atoms with Crippen LogP contribution in [0.3, 0.4) is 0 Å². The molecule has 0 saturated carbocycles. The number of hydrogen-bond acceptors (Lipinski definition) is 2. The number of H-pyrrole nitrogens is 1. The number of piperazine rings is 1. The van der Waals surface area contributed by atoms with E-state index in [0.717, 1.165) is 43.3 Å². The fourth-order valence-electron chi connectivity index (χ4n) is 3.46. The molecule has 2 aromatic carbocycles. The zero-order valence-electron chi connectivity index (χ0n) is 13.9. The summed E-state index contributed by atoms with van der Waals surface area (Å²) in [5, 5.41) is 2.03. The van der Waals surface area contributed by atoms with Gasteiger partial charge in [-0.2, -0.15) is 0 Å². The van der Waals surface area contributed by atoms with Gasteiger partial charge in [-0.3, -0.25) is 4.90 Å². The van der Waals surface area contributed by atoms with Crippen LogP contribution in [0.25, 0.3) is 22.2 Å². The van der Waals surface area contributed by atoms with Gasteiger partial charge in [0.05, 0.1) is 5.69 Å². The molecule has 1 aliphatic rings. The number of aromatic amines is 1. The number of aromatic nitrogens is 1. The van der Waals surface area contributed by atoms with Crippen LogP contribution in [0.1, 0.15) is 5.56 Å². The second-order valence-corrected chi connectivity index (χ2v) is 7.05. The predicted molar refractivity (Wildman–Crippen MR) is 102 cm³/mol. The number of benzene rings is 2. The van der Waals surface area contributed by atoms with Crippen LogP contribution >= 0.6 is 11.6 Å². The van der Waals surface area contributed by atoms with Crippen LogP contribution in [0.5, 0.6) is 0 Å². The first kappa shape index (κ1) is 15.7. The molecule has 24 heavy (non-hydrogen) atoms. The Bertz CT molecular complexity index is 833. The maximum atomic E-state index is 6.27. The highest BCUT2D eigenvalue weighted by Gasteiger charge is 2.19. The van der Waals surface area contributed by atoms with E-state index in [1.807, 2.05) is 6.07 Å².